The third kappa shape index (κ3) is 4.83. The lowest BCUT2D eigenvalue weighted by molar-refractivity contribution is -0.136. The molecular formula is C25H40O8. The molecule has 0 bridgehead atoms. The van der Waals surface area contributed by atoms with Crippen LogP contribution < -0.4 is 0 Å². The minimum Gasteiger partial charge on any atom is -0.394 e. The Morgan fingerprint density at radius 1 is 1.00 bits per heavy atom. The van der Waals surface area contributed by atoms with E-state index in [0.717, 1.165) is 37.5 Å². The molecule has 0 saturated heterocycles. The fraction of sp³-hybridized carbons (Fsp3) is 0.840. The van der Waals surface area contributed by atoms with Gasteiger partial charge in [-0.25, -0.2) is 0 Å². The number of aldehydes is 1. The van der Waals surface area contributed by atoms with E-state index in [2.05, 4.69) is 13.8 Å². The number of aliphatic hydroxyl groups excluding tert-OH is 6. The van der Waals surface area contributed by atoms with E-state index in [4.69, 9.17) is 25.5 Å². The second-order valence-corrected chi connectivity index (χ2v) is 11.0. The van der Waals surface area contributed by atoms with Gasteiger partial charge in [0.2, 0.25) is 0 Å². The molecule has 8 nitrogen and oxygen atoms in total. The fourth-order valence-electron chi connectivity index (χ4n) is 7.15. The first kappa shape index (κ1) is 26.4. The van der Waals surface area contributed by atoms with Gasteiger partial charge in [0.05, 0.1) is 12.7 Å². The first-order chi connectivity index (χ1) is 15.5. The highest BCUT2D eigenvalue weighted by atomic mass is 16.4. The van der Waals surface area contributed by atoms with Gasteiger partial charge in [0.1, 0.15) is 24.4 Å². The largest absolute Gasteiger partial charge is 0.394 e. The fourth-order valence-corrected chi connectivity index (χ4v) is 7.15. The summed E-state index contributed by atoms with van der Waals surface area (Å²) in [5, 5.41) is 54.0. The number of carbonyl (C=O) groups excluding carboxylic acids is 2. The number of ketones is 1. The summed E-state index contributed by atoms with van der Waals surface area (Å²) in [6.45, 7) is 4.00. The minimum absolute atomic E-state index is 0.0258. The average Bonchev–Trinajstić information content (AvgIpc) is 3.12. The molecule has 0 aliphatic heterocycles. The molecule has 4 aliphatic rings. The molecule has 0 amide bonds. The number of fused-ring (bicyclic) bond motifs is 5. The van der Waals surface area contributed by atoms with Gasteiger partial charge in [-0.3, -0.25) is 4.79 Å². The molecule has 0 aromatic carbocycles. The van der Waals surface area contributed by atoms with E-state index in [9.17, 15) is 14.7 Å². The molecule has 0 unspecified atom stereocenters. The van der Waals surface area contributed by atoms with Crippen LogP contribution in [0.25, 0.3) is 0 Å². The van der Waals surface area contributed by atoms with Crippen molar-refractivity contribution in [3.05, 3.63) is 11.6 Å². The van der Waals surface area contributed by atoms with Gasteiger partial charge in [0.15, 0.2) is 12.1 Å². The number of hydrogen-bond donors (Lipinski definition) is 6. The molecule has 188 valence electrons. The molecule has 33 heavy (non-hydrogen) atoms. The molecule has 6 N–H and O–H groups in total. The molecule has 0 spiro atoms. The Morgan fingerprint density at radius 3 is 2.33 bits per heavy atom. The molecule has 0 aromatic heterocycles. The van der Waals surface area contributed by atoms with Crippen molar-refractivity contribution in [3.63, 3.8) is 0 Å². The predicted molar refractivity (Wildman–Crippen MR) is 120 cm³/mol. The lowest BCUT2D eigenvalue weighted by atomic mass is 9.47. The van der Waals surface area contributed by atoms with Crippen LogP contribution in [0.2, 0.25) is 0 Å². The van der Waals surface area contributed by atoms with Gasteiger partial charge in [0.25, 0.3) is 0 Å². The summed E-state index contributed by atoms with van der Waals surface area (Å²) < 4.78 is 0. The second-order valence-electron chi connectivity index (χ2n) is 11.0. The van der Waals surface area contributed by atoms with Crippen LogP contribution in [0.15, 0.2) is 11.6 Å². The van der Waals surface area contributed by atoms with Crippen molar-refractivity contribution >= 4 is 12.1 Å². The van der Waals surface area contributed by atoms with E-state index < -0.39 is 31.0 Å². The van der Waals surface area contributed by atoms with Gasteiger partial charge in [-0.2, -0.15) is 0 Å². The van der Waals surface area contributed by atoms with Gasteiger partial charge in [-0.05, 0) is 79.6 Å². The number of aliphatic hydroxyl groups is 6. The first-order valence-electron chi connectivity index (χ1n) is 12.2. The Morgan fingerprint density at radius 2 is 1.70 bits per heavy atom. The number of carbonyl (C=O) groups is 2. The van der Waals surface area contributed by atoms with Crippen molar-refractivity contribution in [2.75, 3.05) is 6.61 Å². The molecular weight excluding hydrogens is 428 g/mol. The van der Waals surface area contributed by atoms with E-state index in [1.54, 1.807) is 0 Å². The van der Waals surface area contributed by atoms with Crippen molar-refractivity contribution in [1.82, 2.24) is 0 Å². The van der Waals surface area contributed by atoms with Crippen LogP contribution in [-0.4, -0.2) is 79.8 Å². The van der Waals surface area contributed by atoms with Crippen LogP contribution in [0.3, 0.4) is 0 Å². The number of allylic oxidation sites excluding steroid dienone is 1. The minimum atomic E-state index is -1.79. The van der Waals surface area contributed by atoms with Crippen molar-refractivity contribution < 1.29 is 40.2 Å². The topological polar surface area (TPSA) is 156 Å². The maximum absolute atomic E-state index is 11.8. The van der Waals surface area contributed by atoms with E-state index in [-0.39, 0.29) is 23.2 Å². The molecule has 4 aliphatic carbocycles. The Hall–Kier alpha value is -1.16. The van der Waals surface area contributed by atoms with Gasteiger partial charge >= 0.3 is 0 Å². The highest BCUT2D eigenvalue weighted by Crippen LogP contribution is 2.65. The summed E-state index contributed by atoms with van der Waals surface area (Å²) in [4.78, 5) is 21.7. The zero-order valence-electron chi connectivity index (χ0n) is 19.6. The Balaban J connectivity index is 0.000000221. The van der Waals surface area contributed by atoms with Crippen LogP contribution in [0.1, 0.15) is 65.2 Å². The highest BCUT2D eigenvalue weighted by Gasteiger charge is 2.58. The molecule has 0 radical (unpaired) electrons. The highest BCUT2D eigenvalue weighted by molar-refractivity contribution is 5.91. The summed E-state index contributed by atoms with van der Waals surface area (Å²) in [7, 11) is 0. The molecule has 3 saturated carbocycles. The first-order valence-corrected chi connectivity index (χ1v) is 12.2. The lowest BCUT2D eigenvalue weighted by Gasteiger charge is -2.57. The molecule has 0 aromatic rings. The quantitative estimate of drug-likeness (QED) is 0.319. The average molecular weight is 469 g/mol. The lowest BCUT2D eigenvalue weighted by Crippen LogP contribution is -2.51. The van der Waals surface area contributed by atoms with Gasteiger partial charge in [-0.1, -0.05) is 19.4 Å². The Labute approximate surface area is 195 Å². The second kappa shape index (κ2) is 10.2. The van der Waals surface area contributed by atoms with Crippen LogP contribution in [0.4, 0.5) is 0 Å². The van der Waals surface area contributed by atoms with Crippen LogP contribution in [-0.2, 0) is 9.59 Å². The molecule has 8 heteroatoms. The van der Waals surface area contributed by atoms with Gasteiger partial charge < -0.3 is 35.4 Å². The van der Waals surface area contributed by atoms with Crippen LogP contribution in [0, 0.1) is 28.6 Å². The van der Waals surface area contributed by atoms with E-state index in [0.29, 0.717) is 11.7 Å². The summed E-state index contributed by atoms with van der Waals surface area (Å²) in [6, 6.07) is 0. The van der Waals surface area contributed by atoms with Crippen LogP contribution in [0.5, 0.6) is 0 Å². The van der Waals surface area contributed by atoms with Gasteiger partial charge in [-0.15, -0.1) is 0 Å². The smallest absolute Gasteiger partial charge is 0.155 e. The Kier molecular flexibility index (Phi) is 8.19. The zero-order chi connectivity index (χ0) is 24.6. The normalized spacial score (nSPS) is 41.2. The van der Waals surface area contributed by atoms with E-state index in [1.165, 1.54) is 31.3 Å². The Bertz CT molecular complexity index is 753. The third-order valence-electron chi connectivity index (χ3n) is 9.33. The van der Waals surface area contributed by atoms with Crippen molar-refractivity contribution in [1.29, 1.82) is 0 Å². The summed E-state index contributed by atoms with van der Waals surface area (Å²) in [5.74, 6) is 2.57. The number of rotatable bonds is 5. The standard InChI is InChI=1S/C19H28O2.C6H12O6/c1-18-9-7-13(20)11-12(18)3-4-14-15-5-6-17(21)19(15,2)10-8-16(14)18;7-1-3(9)5(11)6(12)4(10)2-8/h11,14-17,21H,3-10H2,1-2H3;1,3-6,8-12H,2H2/t14-,15-,16-,17-,18-,19-;3-,4+,5+,6+/m00/s1. The van der Waals surface area contributed by atoms with E-state index >= 15 is 0 Å². The number of hydrogen-bond acceptors (Lipinski definition) is 8. The summed E-state index contributed by atoms with van der Waals surface area (Å²) in [6.07, 6.45) is 3.87. The maximum Gasteiger partial charge on any atom is 0.155 e. The van der Waals surface area contributed by atoms with Crippen molar-refractivity contribution in [2.24, 2.45) is 28.6 Å². The summed E-state index contributed by atoms with van der Waals surface area (Å²) in [5.41, 5.74) is 1.89. The van der Waals surface area contributed by atoms with Crippen molar-refractivity contribution in [3.8, 4) is 0 Å². The molecule has 10 atom stereocenters. The zero-order valence-corrected chi connectivity index (χ0v) is 19.6. The maximum atomic E-state index is 11.8. The van der Waals surface area contributed by atoms with Crippen LogP contribution >= 0.6 is 0 Å². The van der Waals surface area contributed by atoms with Crippen molar-refractivity contribution in [2.45, 2.75) is 95.7 Å². The molecule has 0 heterocycles. The summed E-state index contributed by atoms with van der Waals surface area (Å²) >= 11 is 0. The van der Waals surface area contributed by atoms with Gasteiger partial charge in [0, 0.05) is 6.42 Å². The van der Waals surface area contributed by atoms with E-state index in [1.807, 2.05) is 6.08 Å². The third-order valence-corrected chi connectivity index (χ3v) is 9.33. The molecule has 3 fully saturated rings. The molecule has 4 rings (SSSR count). The monoisotopic (exact) mass is 468 g/mol. The SMILES string of the molecule is C[C@]12CC[C@H]3[C@@H](CCC4=CC(=O)CC[C@@]43C)[C@@H]1CC[C@@H]2O.O=C[C@H](O)[C@@H](O)[C@H](O)[C@H](O)CO. The predicted octanol–water partition coefficient (Wildman–Crippen LogP) is 0.500.